The quantitative estimate of drug-likeness (QED) is 0.592. The van der Waals surface area contributed by atoms with Crippen molar-refractivity contribution >= 4 is 17.8 Å². The predicted octanol–water partition coefficient (Wildman–Crippen LogP) is 1.78. The van der Waals surface area contributed by atoms with Gasteiger partial charge >= 0.3 is 5.97 Å². The minimum Gasteiger partial charge on any atom is -0.433 e. The number of fused-ring (bicyclic) bond motifs is 1. The zero-order chi connectivity index (χ0) is 18.7. The molecule has 26 heavy (non-hydrogen) atoms. The number of carbonyl (C=O) groups excluding carboxylic acids is 3. The van der Waals surface area contributed by atoms with Crippen LogP contribution in [0.5, 0.6) is 0 Å². The van der Waals surface area contributed by atoms with Gasteiger partial charge < -0.3 is 14.8 Å². The summed E-state index contributed by atoms with van der Waals surface area (Å²) in [6.45, 7) is 4.96. The third-order valence-corrected chi connectivity index (χ3v) is 4.55. The van der Waals surface area contributed by atoms with Gasteiger partial charge in [0.1, 0.15) is 6.04 Å². The van der Waals surface area contributed by atoms with Gasteiger partial charge in [0.15, 0.2) is 0 Å². The number of ether oxygens (including phenoxy) is 2. The second kappa shape index (κ2) is 7.86. The summed E-state index contributed by atoms with van der Waals surface area (Å²) < 4.78 is 10.8. The fourth-order valence-electron chi connectivity index (χ4n) is 3.31. The molecular weight excluding hydrogens is 336 g/mol. The monoisotopic (exact) mass is 360 g/mol. The Labute approximate surface area is 152 Å². The van der Waals surface area contributed by atoms with Crippen LogP contribution in [-0.4, -0.2) is 48.0 Å². The van der Waals surface area contributed by atoms with Crippen molar-refractivity contribution in [3.05, 3.63) is 35.4 Å². The molecule has 1 fully saturated rings. The van der Waals surface area contributed by atoms with Gasteiger partial charge in [-0.3, -0.25) is 14.5 Å². The molecule has 2 atom stereocenters. The average Bonchev–Trinajstić information content (AvgIpc) is 3.15. The van der Waals surface area contributed by atoms with Gasteiger partial charge in [0.25, 0.3) is 0 Å². The van der Waals surface area contributed by atoms with E-state index in [9.17, 15) is 14.4 Å². The van der Waals surface area contributed by atoms with Gasteiger partial charge in [-0.25, -0.2) is 4.79 Å². The highest BCUT2D eigenvalue weighted by Gasteiger charge is 2.46. The standard InChI is InChI=1S/C19H24N2O5/c1-12(2)25-11-5-10-20-17(23)15-8-9-16(22)21(15)18-13-6-3-4-7-14(13)19(24)26-18/h3-4,6-7,12,15,18H,5,8-11H2,1-2H3,(H,20,23)/t15-,18-/m0/s1. The summed E-state index contributed by atoms with van der Waals surface area (Å²) in [5.74, 6) is -0.862. The molecule has 0 saturated carbocycles. The molecule has 7 heteroatoms. The number of benzene rings is 1. The highest BCUT2D eigenvalue weighted by atomic mass is 16.6. The van der Waals surface area contributed by atoms with Crippen molar-refractivity contribution in [2.45, 2.75) is 51.5 Å². The molecule has 2 aliphatic rings. The van der Waals surface area contributed by atoms with Crippen LogP contribution >= 0.6 is 0 Å². The van der Waals surface area contributed by atoms with E-state index < -0.39 is 18.2 Å². The molecule has 1 saturated heterocycles. The number of nitrogens with zero attached hydrogens (tertiary/aromatic N) is 1. The molecule has 1 aromatic rings. The van der Waals surface area contributed by atoms with E-state index in [4.69, 9.17) is 9.47 Å². The minimum absolute atomic E-state index is 0.158. The number of hydrogen-bond donors (Lipinski definition) is 1. The normalized spacial score (nSPS) is 21.9. The molecule has 0 unspecified atom stereocenters. The second-order valence-corrected chi connectivity index (χ2v) is 6.76. The van der Waals surface area contributed by atoms with Gasteiger partial charge in [0, 0.05) is 25.1 Å². The Bertz CT molecular complexity index is 703. The Morgan fingerprint density at radius 3 is 2.88 bits per heavy atom. The maximum Gasteiger partial charge on any atom is 0.340 e. The van der Waals surface area contributed by atoms with Crippen LogP contribution in [0.3, 0.4) is 0 Å². The highest BCUT2D eigenvalue weighted by Crippen LogP contribution is 2.38. The number of cyclic esters (lactones) is 1. The van der Waals surface area contributed by atoms with E-state index in [-0.39, 0.29) is 24.3 Å². The molecule has 0 radical (unpaired) electrons. The van der Waals surface area contributed by atoms with Crippen LogP contribution in [0.2, 0.25) is 0 Å². The number of likely N-dealkylation sites (tertiary alicyclic amines) is 1. The number of amides is 2. The Kier molecular flexibility index (Phi) is 5.56. The van der Waals surface area contributed by atoms with E-state index in [0.717, 1.165) is 0 Å². The molecule has 1 aromatic carbocycles. The first-order valence-corrected chi connectivity index (χ1v) is 8.99. The summed E-state index contributed by atoms with van der Waals surface area (Å²) in [4.78, 5) is 38.4. The van der Waals surface area contributed by atoms with Gasteiger partial charge in [0.05, 0.1) is 11.7 Å². The number of rotatable bonds is 7. The van der Waals surface area contributed by atoms with Crippen LogP contribution in [0.15, 0.2) is 24.3 Å². The molecule has 2 amide bonds. The number of esters is 1. The lowest BCUT2D eigenvalue weighted by molar-refractivity contribution is -0.145. The largest absolute Gasteiger partial charge is 0.433 e. The summed E-state index contributed by atoms with van der Waals surface area (Å²) in [7, 11) is 0. The first-order valence-electron chi connectivity index (χ1n) is 8.99. The molecule has 0 spiro atoms. The van der Waals surface area contributed by atoms with Gasteiger partial charge in [-0.15, -0.1) is 0 Å². The van der Waals surface area contributed by atoms with Gasteiger partial charge in [0.2, 0.25) is 18.0 Å². The zero-order valence-corrected chi connectivity index (χ0v) is 15.1. The van der Waals surface area contributed by atoms with E-state index in [2.05, 4.69) is 5.32 Å². The van der Waals surface area contributed by atoms with E-state index >= 15 is 0 Å². The summed E-state index contributed by atoms with van der Waals surface area (Å²) in [5, 5.41) is 2.85. The van der Waals surface area contributed by atoms with Crippen LogP contribution < -0.4 is 5.32 Å². The van der Waals surface area contributed by atoms with Crippen molar-refractivity contribution in [1.82, 2.24) is 10.2 Å². The van der Waals surface area contributed by atoms with Crippen LogP contribution in [0.25, 0.3) is 0 Å². The predicted molar refractivity (Wildman–Crippen MR) is 93.2 cm³/mol. The summed E-state index contributed by atoms with van der Waals surface area (Å²) in [6.07, 6.45) is 0.722. The van der Waals surface area contributed by atoms with Crippen molar-refractivity contribution < 1.29 is 23.9 Å². The molecule has 0 bridgehead atoms. The summed E-state index contributed by atoms with van der Waals surface area (Å²) in [5.41, 5.74) is 1.08. The third kappa shape index (κ3) is 3.72. The van der Waals surface area contributed by atoms with Gasteiger partial charge in [-0.05, 0) is 32.8 Å². The molecular formula is C19H24N2O5. The highest BCUT2D eigenvalue weighted by molar-refractivity contribution is 5.96. The third-order valence-electron chi connectivity index (χ3n) is 4.55. The summed E-state index contributed by atoms with van der Waals surface area (Å²) in [6, 6.07) is 6.34. The maximum atomic E-state index is 12.6. The molecule has 0 aromatic heterocycles. The number of carbonyl (C=O) groups is 3. The first kappa shape index (κ1) is 18.4. The van der Waals surface area contributed by atoms with Crippen LogP contribution in [0, 0.1) is 0 Å². The first-order chi connectivity index (χ1) is 12.5. The van der Waals surface area contributed by atoms with E-state index in [0.29, 0.717) is 37.1 Å². The van der Waals surface area contributed by atoms with E-state index in [1.54, 1.807) is 24.3 Å². The van der Waals surface area contributed by atoms with E-state index in [1.165, 1.54) is 4.90 Å². The van der Waals surface area contributed by atoms with Crippen LogP contribution in [0.4, 0.5) is 0 Å². The Morgan fingerprint density at radius 2 is 2.12 bits per heavy atom. The Morgan fingerprint density at radius 1 is 1.35 bits per heavy atom. The smallest absolute Gasteiger partial charge is 0.340 e. The van der Waals surface area contributed by atoms with E-state index in [1.807, 2.05) is 13.8 Å². The fraction of sp³-hybridized carbons (Fsp3) is 0.526. The molecule has 2 aliphatic heterocycles. The molecule has 140 valence electrons. The molecule has 1 N–H and O–H groups in total. The Balaban J connectivity index is 1.64. The van der Waals surface area contributed by atoms with Crippen molar-refractivity contribution in [3.63, 3.8) is 0 Å². The minimum atomic E-state index is -0.825. The van der Waals surface area contributed by atoms with Gasteiger partial charge in [-0.2, -0.15) is 0 Å². The zero-order valence-electron chi connectivity index (χ0n) is 15.1. The topological polar surface area (TPSA) is 84.9 Å². The fourth-order valence-corrected chi connectivity index (χ4v) is 3.31. The van der Waals surface area contributed by atoms with Crippen LogP contribution in [0.1, 0.15) is 55.3 Å². The molecule has 7 nitrogen and oxygen atoms in total. The Hall–Kier alpha value is -2.41. The van der Waals surface area contributed by atoms with Crippen molar-refractivity contribution in [1.29, 1.82) is 0 Å². The summed E-state index contributed by atoms with van der Waals surface area (Å²) >= 11 is 0. The van der Waals surface area contributed by atoms with Crippen LogP contribution in [-0.2, 0) is 19.1 Å². The lowest BCUT2D eigenvalue weighted by Gasteiger charge is -2.29. The SMILES string of the molecule is CC(C)OCCCNC(=O)[C@@H]1CCC(=O)N1[C@H]1OC(=O)c2ccccc21. The van der Waals surface area contributed by atoms with Gasteiger partial charge in [-0.1, -0.05) is 18.2 Å². The molecule has 2 heterocycles. The lowest BCUT2D eigenvalue weighted by atomic mass is 10.1. The van der Waals surface area contributed by atoms with Crippen molar-refractivity contribution in [3.8, 4) is 0 Å². The van der Waals surface area contributed by atoms with Crippen molar-refractivity contribution in [2.75, 3.05) is 13.2 Å². The maximum absolute atomic E-state index is 12.6. The second-order valence-electron chi connectivity index (χ2n) is 6.76. The van der Waals surface area contributed by atoms with Crippen molar-refractivity contribution in [2.24, 2.45) is 0 Å². The number of nitrogens with one attached hydrogen (secondary N) is 1. The lowest BCUT2D eigenvalue weighted by Crippen LogP contribution is -2.46. The average molecular weight is 360 g/mol. The molecule has 0 aliphatic carbocycles. The molecule has 3 rings (SSSR count). The number of hydrogen-bond acceptors (Lipinski definition) is 5.